The second kappa shape index (κ2) is 4.16. The third-order valence-corrected chi connectivity index (χ3v) is 2.38. The van der Waals surface area contributed by atoms with E-state index in [9.17, 15) is 0 Å². The first-order chi connectivity index (χ1) is 7.31. The van der Waals surface area contributed by atoms with Crippen molar-refractivity contribution < 1.29 is 0 Å². The van der Waals surface area contributed by atoms with Crippen molar-refractivity contribution in [3.63, 3.8) is 0 Å². The molecule has 0 aliphatic heterocycles. The summed E-state index contributed by atoms with van der Waals surface area (Å²) >= 11 is 0. The lowest BCUT2D eigenvalue weighted by Crippen LogP contribution is -2.14. The molecule has 2 rings (SSSR count). The van der Waals surface area contributed by atoms with Crippen molar-refractivity contribution in [1.82, 2.24) is 19.5 Å². The average Bonchev–Trinajstić information content (AvgIpc) is 2.86. The van der Waals surface area contributed by atoms with Gasteiger partial charge in [0.25, 0.3) is 0 Å². The van der Waals surface area contributed by atoms with Crippen molar-refractivity contribution in [3.8, 4) is 0 Å². The predicted octanol–water partition coefficient (Wildman–Crippen LogP) is 1.71. The van der Waals surface area contributed by atoms with E-state index >= 15 is 0 Å². The molecule has 0 aliphatic carbocycles. The standard InChI is InChI=1S/C10H15N5/c1-3-8(9-11-4-5-12-9)14-10-13-6-7-15(10)2/h4-8H,3H2,1-2H3,(H,11,12)(H,13,14). The quantitative estimate of drug-likeness (QED) is 0.798. The Morgan fingerprint density at radius 1 is 1.47 bits per heavy atom. The van der Waals surface area contributed by atoms with Gasteiger partial charge in [0.05, 0.1) is 6.04 Å². The summed E-state index contributed by atoms with van der Waals surface area (Å²) in [6.45, 7) is 2.11. The Balaban J connectivity index is 2.13. The molecule has 2 aromatic rings. The van der Waals surface area contributed by atoms with Gasteiger partial charge in [0.2, 0.25) is 5.95 Å². The van der Waals surface area contributed by atoms with Gasteiger partial charge in [0.1, 0.15) is 5.82 Å². The van der Waals surface area contributed by atoms with Crippen molar-refractivity contribution in [2.24, 2.45) is 7.05 Å². The van der Waals surface area contributed by atoms with Crippen molar-refractivity contribution in [3.05, 3.63) is 30.6 Å². The summed E-state index contributed by atoms with van der Waals surface area (Å²) in [4.78, 5) is 11.6. The molecule has 0 saturated carbocycles. The molecule has 0 bridgehead atoms. The first kappa shape index (κ1) is 9.76. The Kier molecular flexibility index (Phi) is 2.71. The van der Waals surface area contributed by atoms with E-state index in [0.29, 0.717) is 0 Å². The summed E-state index contributed by atoms with van der Waals surface area (Å²) in [7, 11) is 1.96. The molecule has 1 atom stereocenters. The number of nitrogens with one attached hydrogen (secondary N) is 2. The number of imidazole rings is 2. The van der Waals surface area contributed by atoms with E-state index in [-0.39, 0.29) is 6.04 Å². The van der Waals surface area contributed by atoms with Crippen LogP contribution in [0, 0.1) is 0 Å². The first-order valence-electron chi connectivity index (χ1n) is 5.04. The number of aromatic amines is 1. The Morgan fingerprint density at radius 3 is 2.87 bits per heavy atom. The van der Waals surface area contributed by atoms with E-state index < -0.39 is 0 Å². The molecule has 0 spiro atoms. The van der Waals surface area contributed by atoms with Crippen molar-refractivity contribution in [2.45, 2.75) is 19.4 Å². The number of nitrogens with zero attached hydrogens (tertiary/aromatic N) is 3. The van der Waals surface area contributed by atoms with Gasteiger partial charge >= 0.3 is 0 Å². The van der Waals surface area contributed by atoms with Crippen LogP contribution in [0.25, 0.3) is 0 Å². The summed E-state index contributed by atoms with van der Waals surface area (Å²) < 4.78 is 1.95. The first-order valence-corrected chi connectivity index (χ1v) is 5.04. The highest BCUT2D eigenvalue weighted by Crippen LogP contribution is 2.17. The van der Waals surface area contributed by atoms with E-state index in [1.54, 1.807) is 12.4 Å². The van der Waals surface area contributed by atoms with Gasteiger partial charge in [-0.2, -0.15) is 0 Å². The lowest BCUT2D eigenvalue weighted by molar-refractivity contribution is 0.688. The van der Waals surface area contributed by atoms with E-state index in [2.05, 4.69) is 27.2 Å². The number of H-pyrrole nitrogens is 1. The zero-order valence-corrected chi connectivity index (χ0v) is 8.94. The highest BCUT2D eigenvalue weighted by molar-refractivity contribution is 5.28. The summed E-state index contributed by atoms with van der Waals surface area (Å²) in [6, 6.07) is 0.182. The third kappa shape index (κ3) is 2.01. The molecule has 0 radical (unpaired) electrons. The Hall–Kier alpha value is -1.78. The fraction of sp³-hybridized carbons (Fsp3) is 0.400. The molecule has 0 aromatic carbocycles. The highest BCUT2D eigenvalue weighted by atomic mass is 15.2. The fourth-order valence-corrected chi connectivity index (χ4v) is 1.49. The Labute approximate surface area is 88.6 Å². The van der Waals surface area contributed by atoms with Gasteiger partial charge in [-0.3, -0.25) is 0 Å². The van der Waals surface area contributed by atoms with E-state index in [1.165, 1.54) is 0 Å². The van der Waals surface area contributed by atoms with Gasteiger partial charge in [-0.1, -0.05) is 6.92 Å². The van der Waals surface area contributed by atoms with Crippen LogP contribution in [0.4, 0.5) is 5.95 Å². The van der Waals surface area contributed by atoms with Crippen LogP contribution in [0.1, 0.15) is 25.2 Å². The molecule has 0 saturated heterocycles. The topological polar surface area (TPSA) is 58.5 Å². The van der Waals surface area contributed by atoms with Gasteiger partial charge in [0, 0.05) is 31.8 Å². The zero-order valence-electron chi connectivity index (χ0n) is 8.94. The highest BCUT2D eigenvalue weighted by Gasteiger charge is 2.12. The monoisotopic (exact) mass is 205 g/mol. The van der Waals surface area contributed by atoms with Gasteiger partial charge in [0.15, 0.2) is 0 Å². The molecule has 15 heavy (non-hydrogen) atoms. The second-order valence-electron chi connectivity index (χ2n) is 3.44. The van der Waals surface area contributed by atoms with Gasteiger partial charge in [-0.25, -0.2) is 9.97 Å². The number of hydrogen-bond donors (Lipinski definition) is 2. The van der Waals surface area contributed by atoms with Gasteiger partial charge in [-0.05, 0) is 6.42 Å². The van der Waals surface area contributed by atoms with Crippen LogP contribution in [0.3, 0.4) is 0 Å². The minimum atomic E-state index is 0.182. The second-order valence-corrected chi connectivity index (χ2v) is 3.44. The van der Waals surface area contributed by atoms with Gasteiger partial charge in [-0.15, -0.1) is 0 Å². The fourth-order valence-electron chi connectivity index (χ4n) is 1.49. The number of rotatable bonds is 4. The molecular formula is C10H15N5. The molecule has 5 heteroatoms. The van der Waals surface area contributed by atoms with Crippen LogP contribution in [0.2, 0.25) is 0 Å². The molecule has 0 amide bonds. The van der Waals surface area contributed by atoms with Crippen LogP contribution in [-0.2, 0) is 7.05 Å². The summed E-state index contributed by atoms with van der Waals surface area (Å²) in [6.07, 6.45) is 8.24. The minimum Gasteiger partial charge on any atom is -0.347 e. The normalized spacial score (nSPS) is 12.7. The van der Waals surface area contributed by atoms with E-state index in [1.807, 2.05) is 24.0 Å². The summed E-state index contributed by atoms with van der Waals surface area (Å²) in [5.74, 6) is 1.80. The molecular weight excluding hydrogens is 190 g/mol. The summed E-state index contributed by atoms with van der Waals surface area (Å²) in [5.41, 5.74) is 0. The van der Waals surface area contributed by atoms with Crippen LogP contribution >= 0.6 is 0 Å². The van der Waals surface area contributed by atoms with Crippen molar-refractivity contribution in [2.75, 3.05) is 5.32 Å². The Morgan fingerprint density at radius 2 is 2.33 bits per heavy atom. The SMILES string of the molecule is CCC(Nc1nccn1C)c1ncc[nH]1. The molecule has 1 unspecified atom stereocenters. The zero-order chi connectivity index (χ0) is 10.7. The van der Waals surface area contributed by atoms with Crippen LogP contribution in [0.5, 0.6) is 0 Å². The molecule has 2 N–H and O–H groups in total. The Bertz CT molecular complexity index is 403. The van der Waals surface area contributed by atoms with E-state index in [0.717, 1.165) is 18.2 Å². The van der Waals surface area contributed by atoms with Crippen molar-refractivity contribution in [1.29, 1.82) is 0 Å². The largest absolute Gasteiger partial charge is 0.347 e. The predicted molar refractivity (Wildman–Crippen MR) is 58.5 cm³/mol. The lowest BCUT2D eigenvalue weighted by Gasteiger charge is -2.15. The molecule has 80 valence electrons. The van der Waals surface area contributed by atoms with E-state index in [4.69, 9.17) is 0 Å². The number of aryl methyl sites for hydroxylation is 1. The molecule has 2 heterocycles. The maximum absolute atomic E-state index is 4.24. The van der Waals surface area contributed by atoms with Crippen molar-refractivity contribution >= 4 is 5.95 Å². The number of aromatic nitrogens is 4. The van der Waals surface area contributed by atoms with Gasteiger partial charge < -0.3 is 14.9 Å². The van der Waals surface area contributed by atoms with Crippen LogP contribution in [-0.4, -0.2) is 19.5 Å². The van der Waals surface area contributed by atoms with Crippen LogP contribution in [0.15, 0.2) is 24.8 Å². The lowest BCUT2D eigenvalue weighted by atomic mass is 10.2. The maximum atomic E-state index is 4.24. The molecule has 0 aliphatic rings. The summed E-state index contributed by atoms with van der Waals surface area (Å²) in [5, 5.41) is 3.34. The molecule has 2 aromatic heterocycles. The average molecular weight is 205 g/mol. The number of anilines is 1. The third-order valence-electron chi connectivity index (χ3n) is 2.38. The smallest absolute Gasteiger partial charge is 0.203 e. The van der Waals surface area contributed by atoms with Crippen LogP contribution < -0.4 is 5.32 Å². The number of hydrogen-bond acceptors (Lipinski definition) is 3. The molecule has 5 nitrogen and oxygen atoms in total. The molecule has 0 fully saturated rings. The maximum Gasteiger partial charge on any atom is 0.203 e. The minimum absolute atomic E-state index is 0.182.